The van der Waals surface area contributed by atoms with E-state index in [9.17, 15) is 0 Å². The number of rotatable bonds is 2. The van der Waals surface area contributed by atoms with Gasteiger partial charge in [-0.25, -0.2) is 0 Å². The lowest BCUT2D eigenvalue weighted by Crippen LogP contribution is -2.57. The van der Waals surface area contributed by atoms with Crippen molar-refractivity contribution in [2.24, 2.45) is 0 Å². The molecule has 0 aliphatic carbocycles. The predicted molar refractivity (Wildman–Crippen MR) is 286 cm³/mol. The summed E-state index contributed by atoms with van der Waals surface area (Å²) < 4.78 is 98.7. The molecule has 0 saturated heterocycles. The minimum absolute atomic E-state index is 0.0270. The van der Waals surface area contributed by atoms with Crippen molar-refractivity contribution in [2.75, 3.05) is 0 Å². The van der Waals surface area contributed by atoms with Crippen LogP contribution in [0.5, 0.6) is 46.0 Å². The van der Waals surface area contributed by atoms with Crippen molar-refractivity contribution in [3.8, 4) is 57.4 Å². The van der Waals surface area contributed by atoms with Crippen LogP contribution in [-0.2, 0) is 0 Å². The van der Waals surface area contributed by atoms with Crippen LogP contribution < -0.4 is 51.7 Å². The molecule has 0 saturated carbocycles. The summed E-state index contributed by atoms with van der Waals surface area (Å²) >= 11 is 0. The second-order valence-electron chi connectivity index (χ2n) is 18.2. The number of hydrogen-bond donors (Lipinski definition) is 0. The van der Waals surface area contributed by atoms with Gasteiger partial charge in [0.25, 0.3) is 13.4 Å². The van der Waals surface area contributed by atoms with E-state index in [4.69, 9.17) is 29.9 Å². The van der Waals surface area contributed by atoms with Crippen molar-refractivity contribution in [1.29, 1.82) is 0 Å². The van der Waals surface area contributed by atoms with Gasteiger partial charge in [0.1, 0.15) is 46.0 Å². The van der Waals surface area contributed by atoms with E-state index in [2.05, 4.69) is 66.1 Å². The average Bonchev–Trinajstić information content (AvgIpc) is 3.95. The summed E-state index contributed by atoms with van der Waals surface area (Å²) in [6.45, 7) is 3.62. The highest BCUT2D eigenvalue weighted by atomic mass is 16.5. The Morgan fingerprint density at radius 3 is 1.37 bits per heavy atom. The second-order valence-corrected chi connectivity index (χ2v) is 18.2. The minimum atomic E-state index is -0.437. The number of fused-ring (bicyclic) bond motifs is 14. The fourth-order valence-corrected chi connectivity index (χ4v) is 11.2. The van der Waals surface area contributed by atoms with Crippen molar-refractivity contribution in [3.05, 3.63) is 217 Å². The zero-order chi connectivity index (χ0) is 53.2. The number of aromatic nitrogens is 2. The molecule has 12 aromatic rings. The van der Waals surface area contributed by atoms with E-state index in [-0.39, 0.29) is 71.0 Å². The van der Waals surface area contributed by atoms with Gasteiger partial charge in [0.15, 0.2) is 0 Å². The molecule has 0 bridgehead atoms. The van der Waals surface area contributed by atoms with E-state index in [0.29, 0.717) is 34.7 Å². The third-order valence-electron chi connectivity index (χ3n) is 14.1. The third-order valence-corrected chi connectivity index (χ3v) is 14.1. The molecule has 0 unspecified atom stereocenters. The summed E-state index contributed by atoms with van der Waals surface area (Å²) in [5, 5.41) is 2.45. The molecule has 0 radical (unpaired) electrons. The molecule has 328 valence electrons. The number of para-hydroxylation sites is 6. The minimum Gasteiger partial charge on any atom is -0.458 e. The maximum atomic E-state index is 9.02. The Hall–Kier alpha value is -8.87. The van der Waals surface area contributed by atoms with Gasteiger partial charge >= 0.3 is 0 Å². The molecule has 0 atom stereocenters. The van der Waals surface area contributed by atoms with Crippen molar-refractivity contribution in [3.63, 3.8) is 0 Å². The molecule has 0 fully saturated rings. The maximum Gasteiger partial charge on any atom is 0.260 e. The second kappa shape index (κ2) is 14.8. The summed E-state index contributed by atoms with van der Waals surface area (Å²) in [5.74, 6) is 5.86. The first-order valence-electron chi connectivity index (χ1n) is 27.3. The van der Waals surface area contributed by atoms with E-state index in [0.717, 1.165) is 83.3 Å². The molecule has 0 N–H and O–H groups in total. The summed E-state index contributed by atoms with van der Waals surface area (Å²) in [6, 6.07) is 51.1. The molecule has 2 aromatic heterocycles. The smallest absolute Gasteiger partial charge is 0.260 e. The molecule has 10 aromatic carbocycles. The molecule has 6 heterocycles. The van der Waals surface area contributed by atoms with Crippen LogP contribution in [0.4, 0.5) is 0 Å². The fraction of sp³-hybridized carbons (Fsp3) is 0.0323. The zero-order valence-corrected chi connectivity index (χ0v) is 37.7. The molecule has 6 nitrogen and oxygen atoms in total. The summed E-state index contributed by atoms with van der Waals surface area (Å²) in [7, 11) is 0. The number of hydrogen-bond acceptors (Lipinski definition) is 4. The Labute approximate surface area is 415 Å². The topological polar surface area (TPSA) is 46.8 Å². The number of nitrogens with zero attached hydrogens (tertiary/aromatic N) is 2. The van der Waals surface area contributed by atoms with Crippen molar-refractivity contribution >= 4 is 89.8 Å². The quantitative estimate of drug-likeness (QED) is 0.162. The predicted octanol–water partition coefficient (Wildman–Crippen LogP) is 11.6. The Kier molecular flexibility index (Phi) is 6.77. The monoisotopic (exact) mass is 906 g/mol. The molecule has 8 heteroatoms. The van der Waals surface area contributed by atoms with Crippen LogP contribution in [0.25, 0.3) is 55.0 Å². The maximum absolute atomic E-state index is 9.02. The van der Waals surface area contributed by atoms with E-state index in [1.807, 2.05) is 91.0 Å². The van der Waals surface area contributed by atoms with E-state index in [1.165, 1.54) is 5.56 Å². The highest BCUT2D eigenvalue weighted by Gasteiger charge is 2.42. The highest BCUT2D eigenvalue weighted by molar-refractivity contribution is 6.99. The first-order valence-corrected chi connectivity index (χ1v) is 23.3. The third kappa shape index (κ3) is 5.71. The van der Waals surface area contributed by atoms with Crippen LogP contribution in [0.15, 0.2) is 206 Å². The first-order chi connectivity index (χ1) is 37.8. The zero-order valence-electron chi connectivity index (χ0n) is 45.7. The Balaban J connectivity index is 0.000000137. The first kappa shape index (κ1) is 32.0. The summed E-state index contributed by atoms with van der Waals surface area (Å²) in [4.78, 5) is 0. The normalized spacial score (nSPS) is 14.7. The number of ether oxygens (including phenoxy) is 4. The lowest BCUT2D eigenvalue weighted by molar-refractivity contribution is 0.463. The molecule has 4 aliphatic heterocycles. The molecule has 0 amide bonds. The van der Waals surface area contributed by atoms with Gasteiger partial charge in [0.2, 0.25) is 0 Å². The van der Waals surface area contributed by atoms with Crippen LogP contribution >= 0.6 is 0 Å². The van der Waals surface area contributed by atoms with Crippen LogP contribution in [0.2, 0.25) is 0 Å². The molecule has 4 aliphatic rings. The summed E-state index contributed by atoms with van der Waals surface area (Å²) in [5.41, 5.74) is 11.6. The lowest BCUT2D eigenvalue weighted by atomic mass is 9.35. The number of aryl methyl sites for hydroxylation is 1. The lowest BCUT2D eigenvalue weighted by Gasteiger charge is -2.33. The van der Waals surface area contributed by atoms with Crippen LogP contribution in [0.1, 0.15) is 22.1 Å². The standard InChI is InChI=1S/2C31H20BNO2/c1-19-14-15-26-22(16-19)21-8-2-5-11-25(21)33(26)20-17-29-31-30(18-20)35-28-13-7-4-10-24(28)32(31)23-9-3-6-12-27(23)34-29;1-19-14-15-22-21-8-2-5-11-25(21)33(26(22)16-19)20-17-29-31-30(18-20)35-28-13-7-4-10-24(28)32(31)23-9-3-6-12-27(23)34-29/h2*2-18H,1H3/i2D;2D,5D,8D,11D,14D,15D,16D. The van der Waals surface area contributed by atoms with Gasteiger partial charge in [0.05, 0.1) is 44.4 Å². The Morgan fingerprint density at radius 1 is 0.357 bits per heavy atom. The summed E-state index contributed by atoms with van der Waals surface area (Å²) in [6.07, 6.45) is 0. The van der Waals surface area contributed by atoms with Gasteiger partial charge in [0, 0.05) is 56.7 Å². The number of benzene rings is 10. The van der Waals surface area contributed by atoms with Crippen molar-refractivity contribution in [2.45, 2.75) is 13.8 Å². The average molecular weight is 907 g/mol. The largest absolute Gasteiger partial charge is 0.458 e. The SMILES string of the molecule is [2H]c1c([2H])c([2H])c2c(c1[2H])c1c([2H])c([2H])c(C)c([2H])c1n2-c1cc2c3c(c1)Oc1ccccc1B3c1ccccc1O2.[2H]c1ccc2c(c1)c1cc(C)ccc1n2-c1cc2c3c(c1)Oc1ccccc1B3c1ccccc1O2. The molecule has 16 rings (SSSR count). The molecular weight excluding hydrogens is 858 g/mol. The molecular formula is C62H40B2N2O4. The van der Waals surface area contributed by atoms with Crippen molar-refractivity contribution < 1.29 is 29.9 Å². The van der Waals surface area contributed by atoms with E-state index in [1.54, 1.807) is 23.6 Å². The van der Waals surface area contributed by atoms with E-state index >= 15 is 0 Å². The van der Waals surface area contributed by atoms with E-state index < -0.39 is 12.1 Å². The van der Waals surface area contributed by atoms with Crippen molar-refractivity contribution in [1.82, 2.24) is 9.13 Å². The highest BCUT2D eigenvalue weighted by Crippen LogP contribution is 2.42. The van der Waals surface area contributed by atoms with Gasteiger partial charge in [-0.1, -0.05) is 133 Å². The van der Waals surface area contributed by atoms with Gasteiger partial charge in [-0.3, -0.25) is 0 Å². The Bertz CT molecular complexity index is 4410. The van der Waals surface area contributed by atoms with Gasteiger partial charge < -0.3 is 28.1 Å². The van der Waals surface area contributed by atoms with Gasteiger partial charge in [-0.2, -0.15) is 0 Å². The van der Waals surface area contributed by atoms with Gasteiger partial charge in [-0.05, 0) is 95.8 Å². The van der Waals surface area contributed by atoms with Crippen LogP contribution in [0, 0.1) is 13.8 Å². The van der Waals surface area contributed by atoms with Crippen LogP contribution in [0.3, 0.4) is 0 Å². The molecule has 0 spiro atoms. The fourth-order valence-electron chi connectivity index (χ4n) is 11.2. The Morgan fingerprint density at radius 2 is 0.829 bits per heavy atom. The molecule has 70 heavy (non-hydrogen) atoms. The van der Waals surface area contributed by atoms with Gasteiger partial charge in [-0.15, -0.1) is 0 Å². The van der Waals surface area contributed by atoms with Crippen LogP contribution in [-0.4, -0.2) is 22.6 Å².